The summed E-state index contributed by atoms with van der Waals surface area (Å²) in [6.45, 7) is 1.20. The Hall–Kier alpha value is -1.23. The molecular formula is C12H14F3NO. The van der Waals surface area contributed by atoms with Gasteiger partial charge in [-0.25, -0.2) is 13.2 Å². The molecule has 0 amide bonds. The first-order valence-corrected chi connectivity index (χ1v) is 5.67. The van der Waals surface area contributed by atoms with Crippen LogP contribution in [0.2, 0.25) is 0 Å². The quantitative estimate of drug-likeness (QED) is 0.826. The molecule has 5 heteroatoms. The van der Waals surface area contributed by atoms with Crippen molar-refractivity contribution in [1.29, 1.82) is 0 Å². The summed E-state index contributed by atoms with van der Waals surface area (Å²) in [7, 11) is 0. The Morgan fingerprint density at radius 1 is 1.18 bits per heavy atom. The van der Waals surface area contributed by atoms with Gasteiger partial charge in [-0.1, -0.05) is 0 Å². The van der Waals surface area contributed by atoms with E-state index in [4.69, 9.17) is 4.74 Å². The van der Waals surface area contributed by atoms with Gasteiger partial charge in [0, 0.05) is 31.0 Å². The molecule has 0 aromatic heterocycles. The van der Waals surface area contributed by atoms with E-state index < -0.39 is 17.5 Å². The number of ether oxygens (including phenoxy) is 1. The lowest BCUT2D eigenvalue weighted by molar-refractivity contribution is 0.0247. The highest BCUT2D eigenvalue weighted by Crippen LogP contribution is 2.18. The molecule has 1 unspecified atom stereocenters. The van der Waals surface area contributed by atoms with Gasteiger partial charge in [-0.15, -0.1) is 0 Å². The largest absolute Gasteiger partial charge is 0.382 e. The lowest BCUT2D eigenvalue weighted by Gasteiger charge is -2.23. The maximum atomic E-state index is 12.9. The minimum absolute atomic E-state index is 0.0555. The van der Waals surface area contributed by atoms with Gasteiger partial charge in [0.05, 0.1) is 6.10 Å². The average molecular weight is 245 g/mol. The van der Waals surface area contributed by atoms with E-state index in [1.54, 1.807) is 0 Å². The van der Waals surface area contributed by atoms with E-state index in [2.05, 4.69) is 5.32 Å². The van der Waals surface area contributed by atoms with Crippen molar-refractivity contribution in [3.8, 4) is 0 Å². The van der Waals surface area contributed by atoms with E-state index in [9.17, 15) is 13.2 Å². The number of nitrogens with one attached hydrogen (secondary N) is 1. The highest BCUT2D eigenvalue weighted by molar-refractivity contribution is 5.44. The van der Waals surface area contributed by atoms with Crippen LogP contribution in [0.25, 0.3) is 0 Å². The summed E-state index contributed by atoms with van der Waals surface area (Å²) in [5.41, 5.74) is 0.232. The molecule has 0 aliphatic carbocycles. The molecule has 1 atom stereocenters. The van der Waals surface area contributed by atoms with E-state index in [1.807, 2.05) is 0 Å². The zero-order chi connectivity index (χ0) is 12.3. The van der Waals surface area contributed by atoms with Crippen molar-refractivity contribution in [3.63, 3.8) is 0 Å². The van der Waals surface area contributed by atoms with Gasteiger partial charge in [0.2, 0.25) is 0 Å². The molecule has 17 heavy (non-hydrogen) atoms. The maximum Gasteiger partial charge on any atom is 0.194 e. The van der Waals surface area contributed by atoms with E-state index >= 15 is 0 Å². The normalized spacial score (nSPS) is 20.3. The minimum Gasteiger partial charge on any atom is -0.382 e. The van der Waals surface area contributed by atoms with Crippen LogP contribution >= 0.6 is 0 Å². The van der Waals surface area contributed by atoms with Gasteiger partial charge in [0.25, 0.3) is 0 Å². The molecule has 0 saturated carbocycles. The molecule has 0 radical (unpaired) electrons. The minimum atomic E-state index is -1.44. The molecular weight excluding hydrogens is 231 g/mol. The van der Waals surface area contributed by atoms with Crippen LogP contribution in [-0.4, -0.2) is 19.3 Å². The number of benzene rings is 1. The molecule has 94 valence electrons. The summed E-state index contributed by atoms with van der Waals surface area (Å²) in [6, 6.07) is 1.89. The zero-order valence-corrected chi connectivity index (χ0v) is 9.31. The van der Waals surface area contributed by atoms with Crippen LogP contribution in [0.3, 0.4) is 0 Å². The Kier molecular flexibility index (Phi) is 3.89. The first-order chi connectivity index (χ1) is 8.16. The molecule has 2 rings (SSSR count). The summed E-state index contributed by atoms with van der Waals surface area (Å²) >= 11 is 0. The van der Waals surface area contributed by atoms with Crippen LogP contribution in [-0.2, 0) is 4.74 Å². The number of hydrogen-bond acceptors (Lipinski definition) is 2. The Morgan fingerprint density at radius 3 is 2.47 bits per heavy atom. The third-order valence-electron chi connectivity index (χ3n) is 2.79. The molecule has 2 nitrogen and oxygen atoms in total. The van der Waals surface area contributed by atoms with Crippen LogP contribution < -0.4 is 5.32 Å². The fourth-order valence-corrected chi connectivity index (χ4v) is 1.86. The zero-order valence-electron chi connectivity index (χ0n) is 9.31. The topological polar surface area (TPSA) is 21.3 Å². The molecule has 0 spiro atoms. The summed E-state index contributed by atoms with van der Waals surface area (Å²) in [4.78, 5) is 0. The van der Waals surface area contributed by atoms with Crippen LogP contribution in [0.5, 0.6) is 0 Å². The fourth-order valence-electron chi connectivity index (χ4n) is 1.86. The lowest BCUT2D eigenvalue weighted by atomic mass is 10.1. The van der Waals surface area contributed by atoms with Crippen LogP contribution in [0.15, 0.2) is 12.1 Å². The van der Waals surface area contributed by atoms with Gasteiger partial charge >= 0.3 is 0 Å². The molecule has 1 aromatic rings. The average Bonchev–Trinajstić information content (AvgIpc) is 2.34. The number of rotatable bonds is 3. The number of halogens is 3. The molecule has 1 heterocycles. The van der Waals surface area contributed by atoms with Gasteiger partial charge < -0.3 is 10.1 Å². The summed E-state index contributed by atoms with van der Waals surface area (Å²) in [5.74, 6) is -3.81. The maximum absolute atomic E-state index is 12.9. The monoisotopic (exact) mass is 245 g/mol. The predicted molar refractivity (Wildman–Crippen MR) is 58.4 cm³/mol. The van der Waals surface area contributed by atoms with Gasteiger partial charge in [0.15, 0.2) is 17.5 Å². The number of hydrogen-bond donors (Lipinski definition) is 1. The second-order valence-corrected chi connectivity index (χ2v) is 4.12. The fraction of sp³-hybridized carbons (Fsp3) is 0.500. The first-order valence-electron chi connectivity index (χ1n) is 5.67. The lowest BCUT2D eigenvalue weighted by Crippen LogP contribution is -2.27. The standard InChI is InChI=1S/C12H14F3NO/c13-10-5-8(6-11(14)12(10)15)16-7-9-3-1-2-4-17-9/h5-6,9,16H,1-4,7H2. The van der Waals surface area contributed by atoms with Crippen molar-refractivity contribution < 1.29 is 17.9 Å². The SMILES string of the molecule is Fc1cc(NCC2CCCCO2)cc(F)c1F. The first kappa shape index (κ1) is 12.2. The Labute approximate surface area is 97.8 Å². The molecule has 1 aromatic carbocycles. The van der Waals surface area contributed by atoms with E-state index in [1.165, 1.54) is 0 Å². The second kappa shape index (κ2) is 5.40. The summed E-state index contributed by atoms with van der Waals surface area (Å²) < 4.78 is 44.0. The van der Waals surface area contributed by atoms with Crippen molar-refractivity contribution >= 4 is 5.69 Å². The van der Waals surface area contributed by atoms with Gasteiger partial charge in [-0.3, -0.25) is 0 Å². The highest BCUT2D eigenvalue weighted by Gasteiger charge is 2.15. The van der Waals surface area contributed by atoms with Crippen molar-refractivity contribution in [2.75, 3.05) is 18.5 Å². The second-order valence-electron chi connectivity index (χ2n) is 4.12. The van der Waals surface area contributed by atoms with E-state index in [0.717, 1.165) is 38.0 Å². The van der Waals surface area contributed by atoms with Crippen LogP contribution in [0, 0.1) is 17.5 Å². The highest BCUT2D eigenvalue weighted by atomic mass is 19.2. The molecule has 1 fully saturated rings. The Bertz CT molecular complexity index is 368. The number of anilines is 1. The molecule has 1 N–H and O–H groups in total. The molecule has 1 saturated heterocycles. The van der Waals surface area contributed by atoms with E-state index in [0.29, 0.717) is 6.54 Å². The molecule has 0 bridgehead atoms. The van der Waals surface area contributed by atoms with Gasteiger partial charge in [0.1, 0.15) is 0 Å². The van der Waals surface area contributed by atoms with Crippen LogP contribution in [0.4, 0.5) is 18.9 Å². The van der Waals surface area contributed by atoms with Gasteiger partial charge in [-0.2, -0.15) is 0 Å². The third kappa shape index (κ3) is 3.12. The van der Waals surface area contributed by atoms with Crippen LogP contribution in [0.1, 0.15) is 19.3 Å². The van der Waals surface area contributed by atoms with Crippen molar-refractivity contribution in [3.05, 3.63) is 29.6 Å². The van der Waals surface area contributed by atoms with E-state index in [-0.39, 0.29) is 11.8 Å². The summed E-state index contributed by atoms with van der Waals surface area (Å²) in [6.07, 6.45) is 3.13. The predicted octanol–water partition coefficient (Wildman–Crippen LogP) is 3.08. The third-order valence-corrected chi connectivity index (χ3v) is 2.79. The Morgan fingerprint density at radius 2 is 1.88 bits per heavy atom. The van der Waals surface area contributed by atoms with Crippen molar-refractivity contribution in [2.24, 2.45) is 0 Å². The molecule has 1 aliphatic rings. The van der Waals surface area contributed by atoms with Crippen molar-refractivity contribution in [1.82, 2.24) is 0 Å². The van der Waals surface area contributed by atoms with Crippen molar-refractivity contribution in [2.45, 2.75) is 25.4 Å². The molecule has 1 aliphatic heterocycles. The smallest absolute Gasteiger partial charge is 0.194 e. The summed E-state index contributed by atoms with van der Waals surface area (Å²) in [5, 5.41) is 2.85. The van der Waals surface area contributed by atoms with Gasteiger partial charge in [-0.05, 0) is 19.3 Å². The Balaban J connectivity index is 1.94.